The van der Waals surface area contributed by atoms with Gasteiger partial charge in [0.1, 0.15) is 35.4 Å². The van der Waals surface area contributed by atoms with Crippen LogP contribution in [0.1, 0.15) is 21.6 Å². The van der Waals surface area contributed by atoms with Crippen LogP contribution < -0.4 is 15.8 Å². The van der Waals surface area contributed by atoms with E-state index in [1.54, 1.807) is 0 Å². The van der Waals surface area contributed by atoms with Gasteiger partial charge in [0.15, 0.2) is 5.75 Å². The van der Waals surface area contributed by atoms with Crippen LogP contribution in [0.15, 0.2) is 24.5 Å². The van der Waals surface area contributed by atoms with E-state index in [-0.39, 0.29) is 47.5 Å². The molecule has 1 fully saturated rings. The second-order valence-electron chi connectivity index (χ2n) is 7.26. The van der Waals surface area contributed by atoms with E-state index in [9.17, 15) is 19.6 Å². The van der Waals surface area contributed by atoms with Gasteiger partial charge in [-0.2, -0.15) is 5.26 Å². The molecule has 0 radical (unpaired) electrons. The van der Waals surface area contributed by atoms with Crippen molar-refractivity contribution in [2.24, 2.45) is 0 Å². The quantitative estimate of drug-likeness (QED) is 0.515. The third-order valence-electron chi connectivity index (χ3n) is 5.18. The van der Waals surface area contributed by atoms with Crippen molar-refractivity contribution in [1.82, 2.24) is 19.9 Å². The molecule has 0 aliphatic carbocycles. The van der Waals surface area contributed by atoms with Gasteiger partial charge >= 0.3 is 0 Å². The molecule has 0 bridgehead atoms. The number of ether oxygens (including phenoxy) is 1. The van der Waals surface area contributed by atoms with Crippen LogP contribution in [-0.4, -0.2) is 63.7 Å². The van der Waals surface area contributed by atoms with Crippen molar-refractivity contribution in [3.8, 4) is 11.8 Å². The number of carbonyl (C=O) groups excluding carboxylic acids is 1. The molecule has 0 spiro atoms. The minimum Gasteiger partial charge on any atom is -0.494 e. The number of nitrogens with two attached hydrogens (primary N) is 1. The Labute approximate surface area is 182 Å². The van der Waals surface area contributed by atoms with Crippen LogP contribution in [0.3, 0.4) is 0 Å². The summed E-state index contributed by atoms with van der Waals surface area (Å²) in [6.45, 7) is 0.700. The lowest BCUT2D eigenvalue weighted by molar-refractivity contribution is 0.00582. The molecule has 0 atom stereocenters. The molecule has 3 aromatic rings. The smallest absolute Gasteiger partial charge is 0.258 e. The first-order valence-electron chi connectivity index (χ1n) is 9.80. The molecule has 164 valence electrons. The number of rotatable bonds is 6. The number of nitrogens with one attached hydrogen (secondary N) is 1. The number of likely N-dealkylation sites (tertiary alicyclic amines) is 1. The summed E-state index contributed by atoms with van der Waals surface area (Å²) in [4.78, 5) is 27.0. The summed E-state index contributed by atoms with van der Waals surface area (Å²) < 4.78 is 19.5. The summed E-state index contributed by atoms with van der Waals surface area (Å²) in [7, 11) is 1.42. The fourth-order valence-electron chi connectivity index (χ4n) is 3.59. The summed E-state index contributed by atoms with van der Waals surface area (Å²) in [5.41, 5.74) is 6.95. The van der Waals surface area contributed by atoms with Crippen LogP contribution in [0.2, 0.25) is 0 Å². The van der Waals surface area contributed by atoms with Crippen LogP contribution in [0, 0.1) is 17.1 Å². The lowest BCUT2D eigenvalue weighted by atomic mass is 10.0. The standard InChI is InChI=1S/C21H20FN7O3/c1-32-18-16(4-5-25-20-14(7-23)19(24)26-10-27-20)28-15-3-2-11(22)6-13(15)17(18)21(31)29-8-12(30)9-29/h2-3,6,10,12,30H,4-5,8-9H2,1H3,(H3,24,25,26,27). The average molecular weight is 437 g/mol. The third kappa shape index (κ3) is 3.83. The van der Waals surface area contributed by atoms with Gasteiger partial charge in [-0.25, -0.2) is 19.3 Å². The second kappa shape index (κ2) is 8.60. The number of hydrogen-bond donors (Lipinski definition) is 3. The largest absolute Gasteiger partial charge is 0.494 e. The molecule has 32 heavy (non-hydrogen) atoms. The highest BCUT2D eigenvalue weighted by atomic mass is 19.1. The van der Waals surface area contributed by atoms with Crippen LogP contribution >= 0.6 is 0 Å². The predicted octanol–water partition coefficient (Wildman–Crippen LogP) is 1.10. The highest BCUT2D eigenvalue weighted by molar-refractivity contribution is 6.09. The van der Waals surface area contributed by atoms with E-state index < -0.39 is 11.9 Å². The van der Waals surface area contributed by atoms with Gasteiger partial charge in [0.25, 0.3) is 5.91 Å². The lowest BCUT2D eigenvalue weighted by Crippen LogP contribution is -2.53. The third-order valence-corrected chi connectivity index (χ3v) is 5.18. The molecule has 1 saturated heterocycles. The van der Waals surface area contributed by atoms with E-state index in [1.165, 1.54) is 36.5 Å². The van der Waals surface area contributed by atoms with Crippen molar-refractivity contribution >= 4 is 28.4 Å². The van der Waals surface area contributed by atoms with Gasteiger partial charge in [-0.3, -0.25) is 4.79 Å². The molecule has 10 nitrogen and oxygen atoms in total. The zero-order valence-corrected chi connectivity index (χ0v) is 17.2. The van der Waals surface area contributed by atoms with E-state index in [2.05, 4.69) is 20.3 Å². The number of fused-ring (bicyclic) bond motifs is 1. The first-order chi connectivity index (χ1) is 15.4. The van der Waals surface area contributed by atoms with E-state index in [0.717, 1.165) is 0 Å². The number of β-amino-alcohol motifs (C(OH)–C–C–N with tert-alkyl or cyclic N) is 1. The Morgan fingerprint density at radius 2 is 2.22 bits per heavy atom. The molecule has 11 heteroatoms. The molecule has 1 aliphatic heterocycles. The molecule has 1 amide bonds. The number of nitrogens with zero attached hydrogens (tertiary/aromatic N) is 5. The molecular weight excluding hydrogens is 417 g/mol. The predicted molar refractivity (Wildman–Crippen MR) is 114 cm³/mol. The highest BCUT2D eigenvalue weighted by Gasteiger charge is 2.33. The number of nitriles is 1. The van der Waals surface area contributed by atoms with Crippen LogP contribution in [0.4, 0.5) is 16.0 Å². The molecular formula is C21H20FN7O3. The van der Waals surface area contributed by atoms with Crippen molar-refractivity contribution in [1.29, 1.82) is 5.26 Å². The number of benzene rings is 1. The maximum absolute atomic E-state index is 14.0. The highest BCUT2D eigenvalue weighted by Crippen LogP contribution is 2.33. The number of aromatic nitrogens is 3. The molecule has 2 aromatic heterocycles. The number of hydrogen-bond acceptors (Lipinski definition) is 9. The van der Waals surface area contributed by atoms with Gasteiger partial charge in [0, 0.05) is 31.4 Å². The first kappa shape index (κ1) is 21.2. The van der Waals surface area contributed by atoms with Crippen molar-refractivity contribution in [2.45, 2.75) is 12.5 Å². The minimum atomic E-state index is -0.576. The molecule has 0 unspecified atom stereocenters. The topological polar surface area (TPSA) is 150 Å². The van der Waals surface area contributed by atoms with Gasteiger partial charge in [0.2, 0.25) is 0 Å². The summed E-state index contributed by atoms with van der Waals surface area (Å²) >= 11 is 0. The SMILES string of the molecule is COc1c(CCNc2ncnc(N)c2C#N)nc2ccc(F)cc2c1C(=O)N1CC(O)C1. The van der Waals surface area contributed by atoms with Crippen molar-refractivity contribution < 1.29 is 19.0 Å². The zero-order chi connectivity index (χ0) is 22.8. The van der Waals surface area contributed by atoms with E-state index >= 15 is 0 Å². The molecule has 4 N–H and O–H groups in total. The summed E-state index contributed by atoms with van der Waals surface area (Å²) in [5.74, 6) is -0.279. The Morgan fingerprint density at radius 1 is 1.44 bits per heavy atom. The number of methoxy groups -OCH3 is 1. The van der Waals surface area contributed by atoms with E-state index in [1.807, 2.05) is 6.07 Å². The summed E-state index contributed by atoms with van der Waals surface area (Å²) in [6.07, 6.45) is 0.988. The van der Waals surface area contributed by atoms with Gasteiger partial charge in [-0.05, 0) is 18.2 Å². The molecule has 1 aromatic carbocycles. The number of nitrogen functional groups attached to an aromatic ring is 1. The molecule has 1 aliphatic rings. The zero-order valence-electron chi connectivity index (χ0n) is 17.2. The Hall–Kier alpha value is -4.04. The Bertz CT molecular complexity index is 1240. The van der Waals surface area contributed by atoms with Crippen molar-refractivity contribution in [2.75, 3.05) is 37.8 Å². The fourth-order valence-corrected chi connectivity index (χ4v) is 3.59. The summed E-state index contributed by atoms with van der Waals surface area (Å²) in [5, 5.41) is 22.2. The normalized spacial score (nSPS) is 13.5. The van der Waals surface area contributed by atoms with E-state index in [0.29, 0.717) is 29.6 Å². The Balaban J connectivity index is 1.69. The monoisotopic (exact) mass is 437 g/mol. The summed E-state index contributed by atoms with van der Waals surface area (Å²) in [6, 6.07) is 5.98. The van der Waals surface area contributed by atoms with Gasteiger partial charge in [-0.15, -0.1) is 0 Å². The van der Waals surface area contributed by atoms with E-state index in [4.69, 9.17) is 10.5 Å². The van der Waals surface area contributed by atoms with Crippen molar-refractivity contribution in [3.63, 3.8) is 0 Å². The second-order valence-corrected chi connectivity index (χ2v) is 7.26. The Kier molecular flexibility index (Phi) is 5.70. The Morgan fingerprint density at radius 3 is 2.91 bits per heavy atom. The number of halogens is 1. The maximum Gasteiger partial charge on any atom is 0.258 e. The number of anilines is 2. The first-order valence-corrected chi connectivity index (χ1v) is 9.80. The number of carbonyl (C=O) groups is 1. The van der Waals surface area contributed by atoms with Gasteiger partial charge < -0.3 is 25.8 Å². The number of aliphatic hydroxyl groups is 1. The number of pyridine rings is 1. The fraction of sp³-hybridized carbons (Fsp3) is 0.286. The minimum absolute atomic E-state index is 0.0676. The number of aliphatic hydroxyl groups excluding tert-OH is 1. The average Bonchev–Trinajstić information content (AvgIpc) is 2.76. The van der Waals surface area contributed by atoms with Gasteiger partial charge in [0.05, 0.1) is 30.0 Å². The van der Waals surface area contributed by atoms with Gasteiger partial charge in [-0.1, -0.05) is 0 Å². The van der Waals surface area contributed by atoms with Crippen LogP contribution in [0.25, 0.3) is 10.9 Å². The van der Waals surface area contributed by atoms with Crippen LogP contribution in [-0.2, 0) is 6.42 Å². The molecule has 0 saturated carbocycles. The molecule has 3 heterocycles. The van der Waals surface area contributed by atoms with Crippen molar-refractivity contribution in [3.05, 3.63) is 47.2 Å². The number of amides is 1. The van der Waals surface area contributed by atoms with Crippen LogP contribution in [0.5, 0.6) is 5.75 Å². The maximum atomic E-state index is 14.0. The lowest BCUT2D eigenvalue weighted by Gasteiger charge is -2.36. The molecule has 4 rings (SSSR count).